The van der Waals surface area contributed by atoms with Gasteiger partial charge in [-0.2, -0.15) is 5.10 Å². The Morgan fingerprint density at radius 3 is 2.57 bits per heavy atom. The summed E-state index contributed by atoms with van der Waals surface area (Å²) in [4.78, 5) is 0. The van der Waals surface area contributed by atoms with Crippen LogP contribution in [0.15, 0.2) is 30.6 Å². The Hall–Kier alpha value is -0.349. The number of hydrogen-bond acceptors (Lipinski definition) is 2. The molecule has 2 aromatic rings. The number of aryl methyl sites for hydroxylation is 1. The predicted molar refractivity (Wildman–Crippen MR) is 67.3 cm³/mol. The van der Waals surface area contributed by atoms with Crippen LogP contribution >= 0.6 is 0 Å². The predicted octanol–water partition coefficient (Wildman–Crippen LogP) is -0.321. The van der Waals surface area contributed by atoms with E-state index in [2.05, 4.69) is 5.10 Å². The molecule has 0 spiro atoms. The molecule has 0 amide bonds. The number of aromatic nitrogens is 2. The summed E-state index contributed by atoms with van der Waals surface area (Å²) >= 11 is 0. The molecule has 0 fully saturated rings. The van der Waals surface area contributed by atoms with E-state index in [0.717, 1.165) is 12.1 Å². The second-order valence-corrected chi connectivity index (χ2v) is 4.25. The van der Waals surface area contributed by atoms with E-state index < -0.39 is 24.0 Å². The third kappa shape index (κ3) is 5.10. The Bertz CT molecular complexity index is 603. The molecule has 21 heavy (non-hydrogen) atoms. The van der Waals surface area contributed by atoms with Gasteiger partial charge in [0.05, 0.1) is 11.9 Å². The van der Waals surface area contributed by atoms with Crippen LogP contribution in [0.25, 0.3) is 0 Å². The first kappa shape index (κ1) is 18.7. The van der Waals surface area contributed by atoms with E-state index in [1.54, 1.807) is 10.9 Å². The zero-order valence-electron chi connectivity index (χ0n) is 11.7. The van der Waals surface area contributed by atoms with Crippen molar-refractivity contribution in [3.63, 3.8) is 0 Å². The average Bonchev–Trinajstić information content (AvgIpc) is 2.83. The molecule has 0 aliphatic rings. The van der Waals surface area contributed by atoms with Crippen LogP contribution < -0.4 is 61.6 Å². The van der Waals surface area contributed by atoms with Gasteiger partial charge >= 0.3 is 58.4 Å². The molecule has 0 aliphatic carbocycles. The van der Waals surface area contributed by atoms with Gasteiger partial charge in [-0.05, 0) is 13.0 Å². The van der Waals surface area contributed by atoms with Crippen LogP contribution in [0.3, 0.4) is 0 Å². The van der Waals surface area contributed by atoms with Crippen molar-refractivity contribution in [2.24, 2.45) is 0 Å². The zero-order valence-corrected chi connectivity index (χ0v) is 14.8. The van der Waals surface area contributed by atoms with Gasteiger partial charge in [-0.3, -0.25) is 4.68 Å². The van der Waals surface area contributed by atoms with E-state index in [4.69, 9.17) is 4.74 Å². The third-order valence-electron chi connectivity index (χ3n) is 2.73. The standard InChI is InChI=1S/C12H12BF4N2O.K/c1-2-19-7-9(6-18-19)8-20-12-5-10(14)3-4-11(12)13(15,16)17;/h3-7H,2,8H2,1H3;/q-1;+1. The van der Waals surface area contributed by atoms with Crippen molar-refractivity contribution in [3.8, 4) is 5.75 Å². The van der Waals surface area contributed by atoms with Crippen LogP contribution in [0.5, 0.6) is 5.75 Å². The van der Waals surface area contributed by atoms with Crippen LogP contribution in [-0.4, -0.2) is 16.8 Å². The molecular weight excluding hydrogens is 314 g/mol. The van der Waals surface area contributed by atoms with Crippen molar-refractivity contribution in [2.75, 3.05) is 0 Å². The molecule has 108 valence electrons. The molecular formula is C12H12BF4KN2O. The topological polar surface area (TPSA) is 27.1 Å². The van der Waals surface area contributed by atoms with Crippen LogP contribution in [0.4, 0.5) is 17.3 Å². The molecule has 1 aromatic carbocycles. The summed E-state index contributed by atoms with van der Waals surface area (Å²) in [6.07, 6.45) is 3.17. The summed E-state index contributed by atoms with van der Waals surface area (Å²) in [5.74, 6) is -1.27. The molecule has 0 atom stereocenters. The molecule has 1 heterocycles. The number of halogens is 4. The maximum Gasteiger partial charge on any atom is 1.00 e. The molecule has 2 rings (SSSR count). The van der Waals surface area contributed by atoms with Gasteiger partial charge in [0, 0.05) is 24.4 Å². The fraction of sp³-hybridized carbons (Fsp3) is 0.250. The number of rotatable bonds is 5. The molecule has 0 radical (unpaired) electrons. The number of benzene rings is 1. The summed E-state index contributed by atoms with van der Waals surface area (Å²) in [5.41, 5.74) is -0.314. The van der Waals surface area contributed by atoms with Gasteiger partial charge in [0.1, 0.15) is 12.4 Å². The van der Waals surface area contributed by atoms with Crippen LogP contribution in [0, 0.1) is 5.82 Å². The molecule has 0 unspecified atom stereocenters. The fourth-order valence-electron chi connectivity index (χ4n) is 1.72. The molecule has 0 N–H and O–H groups in total. The molecule has 3 nitrogen and oxygen atoms in total. The van der Waals surface area contributed by atoms with Gasteiger partial charge in [0.15, 0.2) is 0 Å². The first-order valence-electron chi connectivity index (χ1n) is 6.03. The number of nitrogens with zero attached hydrogens (tertiary/aromatic N) is 2. The zero-order chi connectivity index (χ0) is 14.8. The maximum atomic E-state index is 13.1. The van der Waals surface area contributed by atoms with E-state index in [9.17, 15) is 17.3 Å². The van der Waals surface area contributed by atoms with Crippen molar-refractivity contribution < 1.29 is 73.5 Å². The number of ether oxygens (including phenoxy) is 1. The minimum absolute atomic E-state index is 0. The van der Waals surface area contributed by atoms with Crippen LogP contribution in [-0.2, 0) is 13.2 Å². The van der Waals surface area contributed by atoms with E-state index >= 15 is 0 Å². The van der Waals surface area contributed by atoms with E-state index in [0.29, 0.717) is 18.2 Å². The van der Waals surface area contributed by atoms with Gasteiger partial charge in [-0.1, -0.05) is 11.5 Å². The minimum Gasteiger partial charge on any atom is -0.492 e. The number of hydrogen-bond donors (Lipinski definition) is 0. The molecule has 0 aliphatic heterocycles. The maximum absolute atomic E-state index is 13.1. The molecule has 1 aromatic heterocycles. The summed E-state index contributed by atoms with van der Waals surface area (Å²) in [6.45, 7) is -2.81. The summed E-state index contributed by atoms with van der Waals surface area (Å²) in [7, 11) is 0. The normalized spacial score (nSPS) is 11.1. The third-order valence-corrected chi connectivity index (χ3v) is 2.73. The molecule has 0 bridgehead atoms. The SMILES string of the molecule is CCn1cc(COc2cc(F)ccc2[B-](F)(F)F)cn1.[K+]. The van der Waals surface area contributed by atoms with Gasteiger partial charge in [0.25, 0.3) is 0 Å². The largest absolute Gasteiger partial charge is 1.00 e. The van der Waals surface area contributed by atoms with E-state index in [-0.39, 0.29) is 58.0 Å². The molecule has 0 saturated carbocycles. The first-order valence-corrected chi connectivity index (χ1v) is 6.03. The van der Waals surface area contributed by atoms with Crippen molar-refractivity contribution in [1.29, 1.82) is 0 Å². The Labute approximate surface area is 162 Å². The van der Waals surface area contributed by atoms with Crippen LogP contribution in [0.2, 0.25) is 0 Å². The smallest absolute Gasteiger partial charge is 0.492 e. The Morgan fingerprint density at radius 2 is 2.00 bits per heavy atom. The molecule has 0 saturated heterocycles. The monoisotopic (exact) mass is 326 g/mol. The van der Waals surface area contributed by atoms with E-state index in [1.165, 1.54) is 6.20 Å². The second kappa shape index (κ2) is 7.78. The Balaban J connectivity index is 0.00000220. The van der Waals surface area contributed by atoms with Gasteiger partial charge in [-0.25, -0.2) is 4.39 Å². The average molecular weight is 326 g/mol. The quantitative estimate of drug-likeness (QED) is 0.556. The minimum atomic E-state index is -5.25. The van der Waals surface area contributed by atoms with Crippen LogP contribution in [0.1, 0.15) is 12.5 Å². The summed E-state index contributed by atoms with van der Waals surface area (Å²) < 4.78 is 58.2. The second-order valence-electron chi connectivity index (χ2n) is 4.25. The van der Waals surface area contributed by atoms with Gasteiger partial charge in [-0.15, -0.1) is 0 Å². The van der Waals surface area contributed by atoms with Gasteiger partial charge in [0.2, 0.25) is 0 Å². The van der Waals surface area contributed by atoms with Crippen molar-refractivity contribution in [2.45, 2.75) is 20.1 Å². The Kier molecular flexibility index (Phi) is 6.92. The molecule has 9 heteroatoms. The van der Waals surface area contributed by atoms with Crippen molar-refractivity contribution >= 4 is 12.4 Å². The first-order chi connectivity index (χ1) is 9.40. The van der Waals surface area contributed by atoms with Gasteiger partial charge < -0.3 is 17.7 Å². The van der Waals surface area contributed by atoms with Crippen molar-refractivity contribution in [3.05, 3.63) is 42.0 Å². The summed E-state index contributed by atoms with van der Waals surface area (Å²) in [6, 6.07) is 2.21. The Morgan fingerprint density at radius 1 is 1.29 bits per heavy atom. The van der Waals surface area contributed by atoms with Crippen molar-refractivity contribution in [1.82, 2.24) is 9.78 Å². The summed E-state index contributed by atoms with van der Waals surface area (Å²) in [5, 5.41) is 3.98. The fourth-order valence-corrected chi connectivity index (χ4v) is 1.72. The van der Waals surface area contributed by atoms with E-state index in [1.807, 2.05) is 6.92 Å².